The van der Waals surface area contributed by atoms with Crippen LogP contribution in [0, 0.1) is 5.82 Å². The second kappa shape index (κ2) is 6.33. The third kappa shape index (κ3) is 3.35. The van der Waals surface area contributed by atoms with E-state index in [4.69, 9.17) is 0 Å². The molecule has 0 saturated heterocycles. The normalized spacial score (nSPS) is 12.2. The minimum atomic E-state index is -0.225. The second-order valence-corrected chi connectivity index (χ2v) is 4.86. The first kappa shape index (κ1) is 13.5. The van der Waals surface area contributed by atoms with Gasteiger partial charge in [-0.1, -0.05) is 42.5 Å². The van der Waals surface area contributed by atoms with E-state index in [1.807, 2.05) is 42.5 Å². The van der Waals surface area contributed by atoms with Crippen molar-refractivity contribution in [2.75, 3.05) is 0 Å². The van der Waals surface area contributed by atoms with E-state index in [0.29, 0.717) is 6.54 Å². The number of hydrogen-bond acceptors (Lipinski definition) is 2. The van der Waals surface area contributed by atoms with Crippen molar-refractivity contribution in [1.82, 2.24) is 15.5 Å². The third-order valence-electron chi connectivity index (χ3n) is 3.37. The molecule has 1 atom stereocenters. The molecule has 21 heavy (non-hydrogen) atoms. The van der Waals surface area contributed by atoms with Crippen LogP contribution >= 0.6 is 0 Å². The van der Waals surface area contributed by atoms with Gasteiger partial charge >= 0.3 is 0 Å². The summed E-state index contributed by atoms with van der Waals surface area (Å²) >= 11 is 0. The lowest BCUT2D eigenvalue weighted by Crippen LogP contribution is -2.22. The molecule has 3 rings (SSSR count). The molecule has 2 aromatic carbocycles. The topological polar surface area (TPSA) is 40.7 Å². The molecule has 1 aromatic heterocycles. The lowest BCUT2D eigenvalue weighted by Gasteiger charge is -2.19. The molecule has 0 spiro atoms. The summed E-state index contributed by atoms with van der Waals surface area (Å²) in [5, 5.41) is 10.3. The van der Waals surface area contributed by atoms with Crippen LogP contribution in [-0.2, 0) is 6.54 Å². The molecule has 2 N–H and O–H groups in total. The standard InChI is InChI=1S/C17H16FN3/c18-15-8-4-7-14(11-15)17(13-5-2-1-3-6-13)19-12-16-9-10-20-21-16/h1-11,17,19H,12H2,(H,20,21). The molecule has 0 amide bonds. The lowest BCUT2D eigenvalue weighted by molar-refractivity contribution is 0.583. The Hall–Kier alpha value is -2.46. The van der Waals surface area contributed by atoms with Gasteiger partial charge in [-0.2, -0.15) is 5.10 Å². The molecule has 0 aliphatic carbocycles. The number of rotatable bonds is 5. The molecule has 1 heterocycles. The number of aromatic amines is 1. The van der Waals surface area contributed by atoms with E-state index in [9.17, 15) is 4.39 Å². The summed E-state index contributed by atoms with van der Waals surface area (Å²) in [7, 11) is 0. The zero-order chi connectivity index (χ0) is 14.5. The largest absolute Gasteiger partial charge is 0.301 e. The highest BCUT2D eigenvalue weighted by molar-refractivity contribution is 5.32. The molecule has 0 radical (unpaired) electrons. The van der Waals surface area contributed by atoms with Crippen molar-refractivity contribution < 1.29 is 4.39 Å². The summed E-state index contributed by atoms with van der Waals surface area (Å²) in [6.45, 7) is 0.635. The molecule has 3 aromatic rings. The molecule has 0 aliphatic rings. The molecule has 3 nitrogen and oxygen atoms in total. The molecule has 0 bridgehead atoms. The Morgan fingerprint density at radius 3 is 2.52 bits per heavy atom. The Morgan fingerprint density at radius 2 is 1.81 bits per heavy atom. The van der Waals surface area contributed by atoms with E-state index >= 15 is 0 Å². The van der Waals surface area contributed by atoms with Gasteiger partial charge in [-0.3, -0.25) is 5.10 Å². The van der Waals surface area contributed by atoms with Crippen LogP contribution in [0.2, 0.25) is 0 Å². The monoisotopic (exact) mass is 281 g/mol. The average molecular weight is 281 g/mol. The number of benzene rings is 2. The summed E-state index contributed by atoms with van der Waals surface area (Å²) in [6, 6.07) is 18.6. The average Bonchev–Trinajstić information content (AvgIpc) is 3.02. The van der Waals surface area contributed by atoms with E-state index in [1.165, 1.54) is 6.07 Å². The van der Waals surface area contributed by atoms with Crippen molar-refractivity contribution in [1.29, 1.82) is 0 Å². The van der Waals surface area contributed by atoms with Crippen LogP contribution in [0.3, 0.4) is 0 Å². The van der Waals surface area contributed by atoms with Crippen LogP contribution < -0.4 is 5.32 Å². The van der Waals surface area contributed by atoms with E-state index in [1.54, 1.807) is 18.3 Å². The molecule has 4 heteroatoms. The maximum atomic E-state index is 13.5. The van der Waals surface area contributed by atoms with E-state index in [2.05, 4.69) is 15.5 Å². The van der Waals surface area contributed by atoms with Gasteiger partial charge in [0.1, 0.15) is 5.82 Å². The van der Waals surface area contributed by atoms with Gasteiger partial charge in [-0.25, -0.2) is 4.39 Å². The van der Waals surface area contributed by atoms with Gasteiger partial charge in [0.2, 0.25) is 0 Å². The van der Waals surface area contributed by atoms with Crippen LogP contribution in [0.4, 0.5) is 4.39 Å². The van der Waals surface area contributed by atoms with Crippen molar-refractivity contribution >= 4 is 0 Å². The number of halogens is 1. The lowest BCUT2D eigenvalue weighted by atomic mass is 9.98. The van der Waals surface area contributed by atoms with Gasteiger partial charge in [-0.15, -0.1) is 0 Å². The smallest absolute Gasteiger partial charge is 0.123 e. The first-order valence-electron chi connectivity index (χ1n) is 6.85. The highest BCUT2D eigenvalue weighted by Gasteiger charge is 2.14. The fraction of sp³-hybridized carbons (Fsp3) is 0.118. The second-order valence-electron chi connectivity index (χ2n) is 4.86. The fourth-order valence-corrected chi connectivity index (χ4v) is 2.35. The molecule has 0 aliphatic heterocycles. The van der Waals surface area contributed by atoms with Crippen molar-refractivity contribution in [3.63, 3.8) is 0 Å². The fourth-order valence-electron chi connectivity index (χ4n) is 2.35. The zero-order valence-electron chi connectivity index (χ0n) is 11.5. The first-order valence-corrected chi connectivity index (χ1v) is 6.85. The first-order chi connectivity index (χ1) is 10.3. The molecule has 0 saturated carbocycles. The number of H-pyrrole nitrogens is 1. The predicted octanol–water partition coefficient (Wildman–Crippen LogP) is 3.43. The highest BCUT2D eigenvalue weighted by atomic mass is 19.1. The Labute approximate surface area is 122 Å². The summed E-state index contributed by atoms with van der Waals surface area (Å²) in [6.07, 6.45) is 1.72. The van der Waals surface area contributed by atoms with Gasteiger partial charge < -0.3 is 5.32 Å². The number of aromatic nitrogens is 2. The van der Waals surface area contributed by atoms with Gasteiger partial charge in [0.05, 0.1) is 6.04 Å². The van der Waals surface area contributed by atoms with E-state index in [-0.39, 0.29) is 11.9 Å². The number of hydrogen-bond donors (Lipinski definition) is 2. The van der Waals surface area contributed by atoms with Crippen molar-refractivity contribution in [2.24, 2.45) is 0 Å². The van der Waals surface area contributed by atoms with Gasteiger partial charge in [-0.05, 0) is 29.3 Å². The molecular weight excluding hydrogens is 265 g/mol. The number of nitrogens with one attached hydrogen (secondary N) is 2. The highest BCUT2D eigenvalue weighted by Crippen LogP contribution is 2.22. The third-order valence-corrected chi connectivity index (χ3v) is 3.37. The molecule has 1 unspecified atom stereocenters. The van der Waals surface area contributed by atoms with Crippen molar-refractivity contribution in [2.45, 2.75) is 12.6 Å². The van der Waals surface area contributed by atoms with Gasteiger partial charge in [0.25, 0.3) is 0 Å². The Bertz CT molecular complexity index is 680. The number of nitrogens with zero attached hydrogens (tertiary/aromatic N) is 1. The maximum absolute atomic E-state index is 13.5. The van der Waals surface area contributed by atoms with Crippen LogP contribution in [0.15, 0.2) is 66.9 Å². The Kier molecular flexibility index (Phi) is 4.07. The van der Waals surface area contributed by atoms with Crippen LogP contribution in [0.25, 0.3) is 0 Å². The van der Waals surface area contributed by atoms with E-state index < -0.39 is 0 Å². The van der Waals surface area contributed by atoms with Gasteiger partial charge in [0, 0.05) is 18.4 Å². The quantitative estimate of drug-likeness (QED) is 0.752. The van der Waals surface area contributed by atoms with Crippen LogP contribution in [0.5, 0.6) is 0 Å². The van der Waals surface area contributed by atoms with E-state index in [0.717, 1.165) is 16.8 Å². The SMILES string of the molecule is Fc1cccc(C(NCc2ccn[nH]2)c2ccccc2)c1. The minimum absolute atomic E-state index is 0.0646. The molecular formula is C17H16FN3. The molecule has 0 fully saturated rings. The van der Waals surface area contributed by atoms with Crippen LogP contribution in [-0.4, -0.2) is 10.2 Å². The van der Waals surface area contributed by atoms with Gasteiger partial charge in [0.15, 0.2) is 0 Å². The zero-order valence-corrected chi connectivity index (χ0v) is 11.5. The molecule has 106 valence electrons. The maximum Gasteiger partial charge on any atom is 0.123 e. The summed E-state index contributed by atoms with van der Waals surface area (Å²) < 4.78 is 13.5. The van der Waals surface area contributed by atoms with Crippen molar-refractivity contribution in [3.8, 4) is 0 Å². The summed E-state index contributed by atoms with van der Waals surface area (Å²) in [4.78, 5) is 0. The summed E-state index contributed by atoms with van der Waals surface area (Å²) in [5.74, 6) is -0.225. The predicted molar refractivity (Wildman–Crippen MR) is 80.1 cm³/mol. The minimum Gasteiger partial charge on any atom is -0.301 e. The van der Waals surface area contributed by atoms with Crippen molar-refractivity contribution in [3.05, 3.63) is 89.5 Å². The Morgan fingerprint density at radius 1 is 1.00 bits per heavy atom. The van der Waals surface area contributed by atoms with Crippen LogP contribution in [0.1, 0.15) is 22.9 Å². The summed E-state index contributed by atoms with van der Waals surface area (Å²) in [5.41, 5.74) is 3.00. The Balaban J connectivity index is 1.87.